The molecule has 0 amide bonds. The topological polar surface area (TPSA) is 47.3 Å². The molecule has 0 radical (unpaired) electrons. The SMILES string of the molecule is CNCc1oc(COc2cncc(Br)c2)cc1C. The Labute approximate surface area is 114 Å². The van der Waals surface area contributed by atoms with Gasteiger partial charge in [0.1, 0.15) is 23.9 Å². The Morgan fingerprint density at radius 3 is 2.94 bits per heavy atom. The first-order chi connectivity index (χ1) is 8.69. The second-order valence-electron chi connectivity index (χ2n) is 3.98. The van der Waals surface area contributed by atoms with Crippen molar-refractivity contribution in [3.63, 3.8) is 0 Å². The fourth-order valence-electron chi connectivity index (χ4n) is 1.62. The van der Waals surface area contributed by atoms with E-state index in [1.54, 1.807) is 12.4 Å². The maximum atomic E-state index is 5.69. The molecule has 96 valence electrons. The molecule has 0 unspecified atom stereocenters. The molecular weight excluding hydrogens is 296 g/mol. The molecule has 0 saturated heterocycles. The molecule has 0 aromatic carbocycles. The predicted octanol–water partition coefficient (Wildman–Crippen LogP) is 3.04. The first-order valence-electron chi connectivity index (χ1n) is 5.65. The third-order valence-corrected chi connectivity index (χ3v) is 2.90. The van der Waals surface area contributed by atoms with Crippen molar-refractivity contribution in [1.29, 1.82) is 0 Å². The van der Waals surface area contributed by atoms with E-state index in [4.69, 9.17) is 9.15 Å². The molecule has 0 spiro atoms. The molecule has 2 rings (SSSR count). The predicted molar refractivity (Wildman–Crippen MR) is 72.5 cm³/mol. The zero-order valence-corrected chi connectivity index (χ0v) is 12.0. The van der Waals surface area contributed by atoms with E-state index in [9.17, 15) is 0 Å². The van der Waals surface area contributed by atoms with Crippen molar-refractivity contribution >= 4 is 15.9 Å². The lowest BCUT2D eigenvalue weighted by Gasteiger charge is -2.03. The fourth-order valence-corrected chi connectivity index (χ4v) is 1.97. The normalized spacial score (nSPS) is 10.6. The number of aromatic nitrogens is 1. The highest BCUT2D eigenvalue weighted by atomic mass is 79.9. The van der Waals surface area contributed by atoms with Gasteiger partial charge in [-0.25, -0.2) is 0 Å². The second-order valence-corrected chi connectivity index (χ2v) is 4.89. The molecule has 2 aromatic heterocycles. The highest BCUT2D eigenvalue weighted by molar-refractivity contribution is 9.10. The number of aryl methyl sites for hydroxylation is 1. The molecule has 18 heavy (non-hydrogen) atoms. The minimum Gasteiger partial charge on any atom is -0.484 e. The molecule has 2 heterocycles. The van der Waals surface area contributed by atoms with E-state index < -0.39 is 0 Å². The van der Waals surface area contributed by atoms with E-state index in [0.29, 0.717) is 12.4 Å². The van der Waals surface area contributed by atoms with E-state index in [2.05, 4.69) is 26.2 Å². The minimum atomic E-state index is 0.405. The van der Waals surface area contributed by atoms with Gasteiger partial charge in [0.05, 0.1) is 12.7 Å². The van der Waals surface area contributed by atoms with E-state index in [1.807, 2.05) is 26.1 Å². The molecule has 1 N–H and O–H groups in total. The summed E-state index contributed by atoms with van der Waals surface area (Å²) in [6.07, 6.45) is 3.39. The number of hydrogen-bond acceptors (Lipinski definition) is 4. The van der Waals surface area contributed by atoms with Gasteiger partial charge in [0.2, 0.25) is 0 Å². The van der Waals surface area contributed by atoms with Crippen LogP contribution in [0.5, 0.6) is 5.75 Å². The summed E-state index contributed by atoms with van der Waals surface area (Å²) < 4.78 is 12.2. The first-order valence-corrected chi connectivity index (χ1v) is 6.44. The van der Waals surface area contributed by atoms with Crippen LogP contribution in [0.4, 0.5) is 0 Å². The van der Waals surface area contributed by atoms with Crippen LogP contribution in [0, 0.1) is 6.92 Å². The van der Waals surface area contributed by atoms with Gasteiger partial charge in [-0.15, -0.1) is 0 Å². The number of nitrogens with one attached hydrogen (secondary N) is 1. The van der Waals surface area contributed by atoms with Gasteiger partial charge in [-0.1, -0.05) is 0 Å². The lowest BCUT2D eigenvalue weighted by atomic mass is 10.2. The maximum Gasteiger partial charge on any atom is 0.146 e. The summed E-state index contributed by atoms with van der Waals surface area (Å²) in [5, 5.41) is 3.07. The summed E-state index contributed by atoms with van der Waals surface area (Å²) in [7, 11) is 1.89. The fraction of sp³-hybridized carbons (Fsp3) is 0.308. The zero-order valence-electron chi connectivity index (χ0n) is 10.4. The van der Waals surface area contributed by atoms with Crippen LogP contribution in [0.15, 0.2) is 33.4 Å². The third kappa shape index (κ3) is 3.34. The number of pyridine rings is 1. The first kappa shape index (κ1) is 13.1. The van der Waals surface area contributed by atoms with Crippen molar-refractivity contribution in [2.45, 2.75) is 20.1 Å². The van der Waals surface area contributed by atoms with Crippen LogP contribution in [0.2, 0.25) is 0 Å². The zero-order chi connectivity index (χ0) is 13.0. The summed E-state index contributed by atoms with van der Waals surface area (Å²) in [6, 6.07) is 3.87. The summed E-state index contributed by atoms with van der Waals surface area (Å²) >= 11 is 3.35. The second kappa shape index (κ2) is 6.02. The number of halogens is 1. The maximum absolute atomic E-state index is 5.69. The average molecular weight is 311 g/mol. The van der Waals surface area contributed by atoms with Gasteiger partial charge in [-0.3, -0.25) is 4.98 Å². The molecule has 0 atom stereocenters. The Morgan fingerprint density at radius 1 is 1.39 bits per heavy atom. The number of furan rings is 1. The van der Waals surface area contributed by atoms with Gasteiger partial charge in [0.15, 0.2) is 0 Å². The molecule has 0 fully saturated rings. The van der Waals surface area contributed by atoms with Crippen LogP contribution < -0.4 is 10.1 Å². The van der Waals surface area contributed by atoms with Crippen LogP contribution in [0.1, 0.15) is 17.1 Å². The Kier molecular flexibility index (Phi) is 4.38. The number of rotatable bonds is 5. The van der Waals surface area contributed by atoms with Crippen molar-refractivity contribution in [2.24, 2.45) is 0 Å². The van der Waals surface area contributed by atoms with Gasteiger partial charge in [-0.2, -0.15) is 0 Å². The van der Waals surface area contributed by atoms with E-state index in [0.717, 1.165) is 28.1 Å². The summed E-state index contributed by atoms with van der Waals surface area (Å²) in [4.78, 5) is 4.04. The molecule has 0 aliphatic heterocycles. The minimum absolute atomic E-state index is 0.405. The quantitative estimate of drug-likeness (QED) is 0.922. The molecule has 5 heteroatoms. The Balaban J connectivity index is 2.00. The van der Waals surface area contributed by atoms with Crippen molar-refractivity contribution in [3.05, 3.63) is 46.1 Å². The molecular formula is C13H15BrN2O2. The standard InChI is InChI=1S/C13H15BrN2O2/c1-9-3-12(18-13(9)7-15-2)8-17-11-4-10(14)5-16-6-11/h3-6,15H,7-8H2,1-2H3. The summed E-state index contributed by atoms with van der Waals surface area (Å²) in [6.45, 7) is 3.16. The number of hydrogen-bond donors (Lipinski definition) is 1. The molecule has 0 aliphatic rings. The number of nitrogens with zero attached hydrogens (tertiary/aromatic N) is 1. The molecule has 2 aromatic rings. The lowest BCUT2D eigenvalue weighted by Crippen LogP contribution is -2.04. The van der Waals surface area contributed by atoms with Crippen molar-refractivity contribution in [1.82, 2.24) is 10.3 Å². The molecule has 4 nitrogen and oxygen atoms in total. The molecule has 0 aliphatic carbocycles. The largest absolute Gasteiger partial charge is 0.484 e. The Bertz CT molecular complexity index is 525. The van der Waals surface area contributed by atoms with E-state index >= 15 is 0 Å². The highest BCUT2D eigenvalue weighted by Gasteiger charge is 2.07. The monoisotopic (exact) mass is 310 g/mol. The lowest BCUT2D eigenvalue weighted by molar-refractivity contribution is 0.264. The van der Waals surface area contributed by atoms with Crippen molar-refractivity contribution in [2.75, 3.05) is 7.05 Å². The Hall–Kier alpha value is -1.33. The van der Waals surface area contributed by atoms with Crippen LogP contribution in [0.25, 0.3) is 0 Å². The molecule has 0 saturated carbocycles. The molecule has 0 bridgehead atoms. The van der Waals surface area contributed by atoms with Gasteiger partial charge < -0.3 is 14.5 Å². The van der Waals surface area contributed by atoms with Crippen LogP contribution in [-0.4, -0.2) is 12.0 Å². The van der Waals surface area contributed by atoms with Gasteiger partial charge >= 0.3 is 0 Å². The van der Waals surface area contributed by atoms with Crippen molar-refractivity contribution in [3.8, 4) is 5.75 Å². The average Bonchev–Trinajstić information content (AvgIpc) is 2.69. The highest BCUT2D eigenvalue weighted by Crippen LogP contribution is 2.19. The van der Waals surface area contributed by atoms with Gasteiger partial charge in [0, 0.05) is 10.7 Å². The van der Waals surface area contributed by atoms with Crippen molar-refractivity contribution < 1.29 is 9.15 Å². The third-order valence-electron chi connectivity index (χ3n) is 2.47. The van der Waals surface area contributed by atoms with Crippen LogP contribution >= 0.6 is 15.9 Å². The summed E-state index contributed by atoms with van der Waals surface area (Å²) in [5.41, 5.74) is 1.13. The van der Waals surface area contributed by atoms with Gasteiger partial charge in [0.25, 0.3) is 0 Å². The number of ether oxygens (including phenoxy) is 1. The summed E-state index contributed by atoms with van der Waals surface area (Å²) in [5.74, 6) is 2.48. The van der Waals surface area contributed by atoms with E-state index in [1.165, 1.54) is 0 Å². The smallest absolute Gasteiger partial charge is 0.146 e. The Morgan fingerprint density at radius 2 is 2.22 bits per heavy atom. The van der Waals surface area contributed by atoms with Crippen LogP contribution in [-0.2, 0) is 13.2 Å². The van der Waals surface area contributed by atoms with Crippen LogP contribution in [0.3, 0.4) is 0 Å². The van der Waals surface area contributed by atoms with E-state index in [-0.39, 0.29) is 0 Å². The van der Waals surface area contributed by atoms with Gasteiger partial charge in [-0.05, 0) is 47.6 Å².